The molecule has 1 amide bonds. The summed E-state index contributed by atoms with van der Waals surface area (Å²) in [6.45, 7) is 0. The number of imidazole rings is 1. The number of fused-ring (bicyclic) bond motifs is 2. The van der Waals surface area contributed by atoms with E-state index in [2.05, 4.69) is 15.0 Å². The molecule has 3 heterocycles. The minimum atomic E-state index is -1.13. The number of aromatic amines is 1. The van der Waals surface area contributed by atoms with Gasteiger partial charge in [0, 0.05) is 22.8 Å². The molecule has 0 fully saturated rings. The van der Waals surface area contributed by atoms with Gasteiger partial charge in [-0.1, -0.05) is 18.2 Å². The van der Waals surface area contributed by atoms with Gasteiger partial charge in [0.2, 0.25) is 0 Å². The van der Waals surface area contributed by atoms with Gasteiger partial charge >= 0.3 is 5.97 Å². The van der Waals surface area contributed by atoms with Crippen LogP contribution < -0.4 is 4.90 Å². The molecule has 0 saturated heterocycles. The average Bonchev–Trinajstić information content (AvgIpc) is 3.31. The number of nitrogens with one attached hydrogen (secondary N) is 1. The highest BCUT2D eigenvalue weighted by Gasteiger charge is 2.42. The van der Waals surface area contributed by atoms with Crippen LogP contribution in [0.1, 0.15) is 18.0 Å². The van der Waals surface area contributed by atoms with Crippen LogP contribution in [0.5, 0.6) is 0 Å². The van der Waals surface area contributed by atoms with Crippen LogP contribution in [0.3, 0.4) is 0 Å². The number of aromatic nitrogens is 3. The van der Waals surface area contributed by atoms with Crippen LogP contribution in [0.25, 0.3) is 21.9 Å². The number of H-pyrrole nitrogens is 1. The summed E-state index contributed by atoms with van der Waals surface area (Å²) >= 11 is 0. The van der Waals surface area contributed by atoms with Crippen LogP contribution in [0.2, 0.25) is 0 Å². The number of carboxylic acids is 1. The monoisotopic (exact) mass is 400 g/mol. The lowest BCUT2D eigenvalue weighted by Crippen LogP contribution is -2.30. The summed E-state index contributed by atoms with van der Waals surface area (Å²) < 4.78 is 0. The Morgan fingerprint density at radius 3 is 2.77 bits per heavy atom. The maximum Gasteiger partial charge on any atom is 0.307 e. The van der Waals surface area contributed by atoms with Crippen LogP contribution in [0, 0.1) is 0 Å². The smallest absolute Gasteiger partial charge is 0.307 e. The molecule has 148 valence electrons. The molecule has 2 aromatic heterocycles. The quantitative estimate of drug-likeness (QED) is 0.482. The first-order valence-corrected chi connectivity index (χ1v) is 9.29. The Morgan fingerprint density at radius 2 is 1.93 bits per heavy atom. The summed E-state index contributed by atoms with van der Waals surface area (Å²) in [6, 6.07) is 13.7. The van der Waals surface area contributed by atoms with Gasteiger partial charge in [-0.3, -0.25) is 19.5 Å². The number of hydrogen-bond acceptors (Lipinski definition) is 5. The summed E-state index contributed by atoms with van der Waals surface area (Å²) in [5.41, 5.74) is 3.52. The van der Waals surface area contributed by atoms with Gasteiger partial charge in [0.05, 0.1) is 35.3 Å². The molecule has 3 N–H and O–H groups in total. The van der Waals surface area contributed by atoms with Gasteiger partial charge in [-0.05, 0) is 35.9 Å². The number of carboxylic acid groups (broad SMARTS) is 1. The van der Waals surface area contributed by atoms with Crippen molar-refractivity contribution in [2.75, 3.05) is 4.90 Å². The van der Waals surface area contributed by atoms with Crippen molar-refractivity contribution in [2.45, 2.75) is 12.5 Å². The number of benzene rings is 2. The van der Waals surface area contributed by atoms with Gasteiger partial charge in [0.1, 0.15) is 0 Å². The molecule has 0 bridgehead atoms. The predicted molar refractivity (Wildman–Crippen MR) is 110 cm³/mol. The largest absolute Gasteiger partial charge is 0.503 e. The van der Waals surface area contributed by atoms with Crippen LogP contribution in [0.4, 0.5) is 5.69 Å². The zero-order chi connectivity index (χ0) is 20.8. The molecule has 4 aromatic rings. The Hall–Kier alpha value is -4.20. The number of aliphatic carboxylic acids is 1. The van der Waals surface area contributed by atoms with Crippen molar-refractivity contribution in [3.05, 3.63) is 78.0 Å². The van der Waals surface area contributed by atoms with Crippen LogP contribution >= 0.6 is 0 Å². The highest BCUT2D eigenvalue weighted by molar-refractivity contribution is 6.10. The third-order valence-corrected chi connectivity index (χ3v) is 5.32. The van der Waals surface area contributed by atoms with E-state index in [9.17, 15) is 19.8 Å². The molecule has 0 spiro atoms. The zero-order valence-corrected chi connectivity index (χ0v) is 15.6. The number of anilines is 1. The lowest BCUT2D eigenvalue weighted by atomic mass is 9.94. The van der Waals surface area contributed by atoms with Crippen LogP contribution in [0.15, 0.2) is 72.4 Å². The van der Waals surface area contributed by atoms with Crippen molar-refractivity contribution in [3.63, 3.8) is 0 Å². The first kappa shape index (κ1) is 17.9. The molecule has 2 aromatic carbocycles. The number of amides is 1. The number of aliphatic hydroxyl groups is 1. The third-order valence-electron chi connectivity index (χ3n) is 5.32. The SMILES string of the molecule is O=C(O)CC1=C(O)C(=O)N(c2ccc3[nH]cnc3c2)C1c1ccnc2ccccc12. The Kier molecular flexibility index (Phi) is 3.99. The first-order valence-electron chi connectivity index (χ1n) is 9.29. The second-order valence-electron chi connectivity index (χ2n) is 7.04. The average molecular weight is 400 g/mol. The van der Waals surface area contributed by atoms with Gasteiger partial charge in [-0.25, -0.2) is 4.98 Å². The van der Waals surface area contributed by atoms with Gasteiger partial charge in [-0.15, -0.1) is 0 Å². The minimum absolute atomic E-state index is 0.144. The highest BCUT2D eigenvalue weighted by Crippen LogP contribution is 2.44. The number of carbonyl (C=O) groups excluding carboxylic acids is 1. The number of aliphatic hydroxyl groups excluding tert-OH is 1. The number of nitrogens with zero attached hydrogens (tertiary/aromatic N) is 3. The molecule has 1 unspecified atom stereocenters. The van der Waals surface area contributed by atoms with E-state index < -0.39 is 30.1 Å². The van der Waals surface area contributed by atoms with Crippen molar-refractivity contribution in [3.8, 4) is 0 Å². The second-order valence-corrected chi connectivity index (χ2v) is 7.04. The van der Waals surface area contributed by atoms with Crippen molar-refractivity contribution in [2.24, 2.45) is 0 Å². The molecule has 30 heavy (non-hydrogen) atoms. The normalized spacial score (nSPS) is 16.7. The fraction of sp³-hybridized carbons (Fsp3) is 0.0909. The number of pyridine rings is 1. The molecule has 8 nitrogen and oxygen atoms in total. The Bertz CT molecular complexity index is 1350. The summed E-state index contributed by atoms with van der Waals surface area (Å²) in [5, 5.41) is 20.8. The number of hydrogen-bond donors (Lipinski definition) is 3. The Balaban J connectivity index is 1.74. The van der Waals surface area contributed by atoms with Gasteiger partial charge in [0.15, 0.2) is 5.76 Å². The number of para-hydroxylation sites is 1. The molecular formula is C22H16N4O4. The lowest BCUT2D eigenvalue weighted by molar-refractivity contribution is -0.136. The summed E-state index contributed by atoms with van der Waals surface area (Å²) in [5.74, 6) is -2.31. The summed E-state index contributed by atoms with van der Waals surface area (Å²) in [6.07, 6.45) is 2.71. The van der Waals surface area contributed by atoms with E-state index in [1.54, 1.807) is 36.8 Å². The maximum absolute atomic E-state index is 13.1. The van der Waals surface area contributed by atoms with E-state index in [1.165, 1.54) is 4.90 Å². The van der Waals surface area contributed by atoms with E-state index in [-0.39, 0.29) is 5.57 Å². The predicted octanol–water partition coefficient (Wildman–Crippen LogP) is 3.49. The topological polar surface area (TPSA) is 119 Å². The highest BCUT2D eigenvalue weighted by atomic mass is 16.4. The lowest BCUT2D eigenvalue weighted by Gasteiger charge is -2.28. The molecule has 8 heteroatoms. The van der Waals surface area contributed by atoms with Gasteiger partial charge < -0.3 is 15.2 Å². The molecular weight excluding hydrogens is 384 g/mol. The second kappa shape index (κ2) is 6.70. The van der Waals surface area contributed by atoms with E-state index >= 15 is 0 Å². The zero-order valence-electron chi connectivity index (χ0n) is 15.6. The molecule has 5 rings (SSSR count). The van der Waals surface area contributed by atoms with E-state index in [4.69, 9.17) is 0 Å². The molecule has 0 aliphatic carbocycles. The molecule has 1 aliphatic rings. The molecule has 1 aliphatic heterocycles. The standard InChI is InChI=1S/C22H16N4O4/c27-19(28)10-15-20(14-7-8-23-16-4-2-1-3-13(14)16)26(22(30)21(15)29)12-5-6-17-18(9-12)25-11-24-17/h1-9,11,20,29H,10H2,(H,24,25)(H,27,28). The maximum atomic E-state index is 13.1. The Labute approximate surface area is 170 Å². The van der Waals surface area contributed by atoms with Gasteiger partial charge in [-0.2, -0.15) is 0 Å². The van der Waals surface area contributed by atoms with Crippen LogP contribution in [-0.2, 0) is 9.59 Å². The fourth-order valence-electron chi connectivity index (χ4n) is 4.02. The summed E-state index contributed by atoms with van der Waals surface area (Å²) in [7, 11) is 0. The number of rotatable bonds is 4. The first-order chi connectivity index (χ1) is 14.5. The fourth-order valence-corrected chi connectivity index (χ4v) is 4.02. The van der Waals surface area contributed by atoms with Crippen molar-refractivity contribution < 1.29 is 19.8 Å². The molecule has 0 saturated carbocycles. The van der Waals surface area contributed by atoms with E-state index in [0.717, 1.165) is 10.9 Å². The third kappa shape index (κ3) is 2.69. The molecule has 0 radical (unpaired) electrons. The summed E-state index contributed by atoms with van der Waals surface area (Å²) in [4.78, 5) is 37.6. The van der Waals surface area contributed by atoms with Crippen molar-refractivity contribution >= 4 is 39.5 Å². The Morgan fingerprint density at radius 1 is 1.10 bits per heavy atom. The van der Waals surface area contributed by atoms with Crippen molar-refractivity contribution in [1.29, 1.82) is 0 Å². The van der Waals surface area contributed by atoms with Crippen molar-refractivity contribution in [1.82, 2.24) is 15.0 Å². The van der Waals surface area contributed by atoms with Crippen LogP contribution in [-0.4, -0.2) is 37.0 Å². The van der Waals surface area contributed by atoms with Gasteiger partial charge in [0.25, 0.3) is 5.91 Å². The number of carbonyl (C=O) groups is 2. The van der Waals surface area contributed by atoms with E-state index in [0.29, 0.717) is 22.3 Å². The van der Waals surface area contributed by atoms with E-state index in [1.807, 2.05) is 24.3 Å². The molecule has 1 atom stereocenters. The minimum Gasteiger partial charge on any atom is -0.503 e.